The van der Waals surface area contributed by atoms with Crippen LogP contribution in [0.2, 0.25) is 0 Å². The predicted molar refractivity (Wildman–Crippen MR) is 80.5 cm³/mol. The highest BCUT2D eigenvalue weighted by atomic mass is 16.1. The summed E-state index contributed by atoms with van der Waals surface area (Å²) in [5.74, 6) is 0. The van der Waals surface area contributed by atoms with Gasteiger partial charge in [-0.3, -0.25) is 4.57 Å². The van der Waals surface area contributed by atoms with Gasteiger partial charge in [0.15, 0.2) is 0 Å². The van der Waals surface area contributed by atoms with Crippen LogP contribution < -0.4 is 11.0 Å². The molecular formula is C15H20N4O. The van der Waals surface area contributed by atoms with E-state index < -0.39 is 0 Å². The van der Waals surface area contributed by atoms with Crippen molar-refractivity contribution in [2.24, 2.45) is 0 Å². The molecule has 1 aromatic carbocycles. The minimum Gasteiger partial charge on any atom is -0.382 e. The first-order chi connectivity index (χ1) is 9.72. The maximum absolute atomic E-state index is 11.5. The average molecular weight is 272 g/mol. The van der Waals surface area contributed by atoms with Gasteiger partial charge < -0.3 is 15.2 Å². The summed E-state index contributed by atoms with van der Waals surface area (Å²) in [6, 6.07) is 8.55. The van der Waals surface area contributed by atoms with E-state index in [-0.39, 0.29) is 5.69 Å². The quantitative estimate of drug-likeness (QED) is 0.893. The van der Waals surface area contributed by atoms with Gasteiger partial charge in [0.2, 0.25) is 0 Å². The normalized spacial score (nSPS) is 17.2. The Bertz CT molecular complexity index is 605. The van der Waals surface area contributed by atoms with Crippen LogP contribution >= 0.6 is 0 Å². The molecule has 5 nitrogen and oxygen atoms in total. The van der Waals surface area contributed by atoms with Crippen molar-refractivity contribution in [3.05, 3.63) is 47.1 Å². The fourth-order valence-electron chi connectivity index (χ4n) is 2.63. The van der Waals surface area contributed by atoms with Crippen molar-refractivity contribution in [3.8, 4) is 5.69 Å². The minimum atomic E-state index is -0.110. The number of benzene rings is 1. The molecule has 0 spiro atoms. The highest BCUT2D eigenvalue weighted by molar-refractivity contribution is 5.49. The molecule has 2 N–H and O–H groups in total. The topological polar surface area (TPSA) is 53.1 Å². The van der Waals surface area contributed by atoms with E-state index in [1.54, 1.807) is 17.0 Å². The van der Waals surface area contributed by atoms with Gasteiger partial charge in [0.05, 0.1) is 5.69 Å². The summed E-state index contributed by atoms with van der Waals surface area (Å²) in [5, 5.41) is 3.57. The molecule has 0 saturated carbocycles. The smallest absolute Gasteiger partial charge is 0.330 e. The van der Waals surface area contributed by atoms with E-state index in [2.05, 4.69) is 22.2 Å². The van der Waals surface area contributed by atoms with Crippen LogP contribution in [0.25, 0.3) is 5.69 Å². The molecular weight excluding hydrogens is 252 g/mol. The average Bonchev–Trinajstić information content (AvgIpc) is 2.89. The summed E-state index contributed by atoms with van der Waals surface area (Å²) in [6.45, 7) is 2.29. The van der Waals surface area contributed by atoms with Crippen molar-refractivity contribution < 1.29 is 0 Å². The molecule has 1 saturated heterocycles. The number of hydrogen-bond acceptors (Lipinski definition) is 3. The Morgan fingerprint density at radius 3 is 2.50 bits per heavy atom. The first-order valence-electron chi connectivity index (χ1n) is 7.04. The van der Waals surface area contributed by atoms with Gasteiger partial charge in [0.1, 0.15) is 0 Å². The third-order valence-electron chi connectivity index (χ3n) is 3.88. The van der Waals surface area contributed by atoms with E-state index >= 15 is 0 Å². The molecule has 1 aliphatic rings. The molecule has 0 radical (unpaired) electrons. The van der Waals surface area contributed by atoms with Gasteiger partial charge in [0, 0.05) is 24.1 Å². The Morgan fingerprint density at radius 2 is 1.90 bits per heavy atom. The Balaban J connectivity index is 1.68. The lowest BCUT2D eigenvalue weighted by atomic mass is 10.1. The Hall–Kier alpha value is -2.01. The number of aromatic amines is 1. The summed E-state index contributed by atoms with van der Waals surface area (Å²) in [7, 11) is 2.17. The van der Waals surface area contributed by atoms with Crippen LogP contribution in [-0.4, -0.2) is 40.6 Å². The minimum absolute atomic E-state index is 0.110. The summed E-state index contributed by atoms with van der Waals surface area (Å²) >= 11 is 0. The number of likely N-dealkylation sites (tertiary alicyclic amines) is 1. The van der Waals surface area contributed by atoms with E-state index in [0.29, 0.717) is 6.04 Å². The number of imidazole rings is 1. The monoisotopic (exact) mass is 272 g/mol. The number of nitrogens with one attached hydrogen (secondary N) is 2. The fraction of sp³-hybridized carbons (Fsp3) is 0.400. The van der Waals surface area contributed by atoms with Crippen molar-refractivity contribution in [1.29, 1.82) is 0 Å². The van der Waals surface area contributed by atoms with Gasteiger partial charge in [-0.25, -0.2) is 4.79 Å². The fourth-order valence-corrected chi connectivity index (χ4v) is 2.63. The lowest BCUT2D eigenvalue weighted by molar-refractivity contribution is 0.264. The van der Waals surface area contributed by atoms with Crippen LogP contribution in [0.15, 0.2) is 41.5 Å². The Morgan fingerprint density at radius 1 is 1.20 bits per heavy atom. The standard InChI is InChI=1S/C15H20N4O/c1-18-9-6-13(7-10-18)17-12-2-4-14(5-3-12)19-11-8-16-15(19)20/h2-5,8,11,13,17H,6-7,9-10H2,1H3,(H,16,20). The molecule has 1 aromatic heterocycles. The largest absolute Gasteiger partial charge is 0.382 e. The summed E-state index contributed by atoms with van der Waals surface area (Å²) in [5.41, 5.74) is 1.89. The van der Waals surface area contributed by atoms with Crippen LogP contribution in [0, 0.1) is 0 Å². The number of H-pyrrole nitrogens is 1. The molecule has 1 aliphatic heterocycles. The molecule has 3 rings (SSSR count). The third kappa shape index (κ3) is 2.77. The maximum atomic E-state index is 11.5. The number of rotatable bonds is 3. The molecule has 0 aliphatic carbocycles. The van der Waals surface area contributed by atoms with Crippen molar-refractivity contribution in [2.45, 2.75) is 18.9 Å². The molecule has 0 unspecified atom stereocenters. The number of anilines is 1. The number of aromatic nitrogens is 2. The molecule has 0 atom stereocenters. The molecule has 2 heterocycles. The zero-order valence-electron chi connectivity index (χ0n) is 11.7. The van der Waals surface area contributed by atoms with Gasteiger partial charge >= 0.3 is 5.69 Å². The molecule has 106 valence electrons. The number of nitrogens with zero attached hydrogens (tertiary/aromatic N) is 2. The second-order valence-electron chi connectivity index (χ2n) is 5.40. The van der Waals surface area contributed by atoms with Crippen molar-refractivity contribution >= 4 is 5.69 Å². The summed E-state index contributed by atoms with van der Waals surface area (Å²) in [6.07, 6.45) is 5.74. The van der Waals surface area contributed by atoms with Crippen molar-refractivity contribution in [2.75, 3.05) is 25.5 Å². The van der Waals surface area contributed by atoms with Crippen molar-refractivity contribution in [3.63, 3.8) is 0 Å². The van der Waals surface area contributed by atoms with Crippen LogP contribution in [0.3, 0.4) is 0 Å². The highest BCUT2D eigenvalue weighted by Gasteiger charge is 2.16. The second kappa shape index (κ2) is 5.54. The van der Waals surface area contributed by atoms with Crippen molar-refractivity contribution in [1.82, 2.24) is 14.5 Å². The van der Waals surface area contributed by atoms with Crippen LogP contribution in [-0.2, 0) is 0 Å². The molecule has 0 bridgehead atoms. The lowest BCUT2D eigenvalue weighted by Crippen LogP contribution is -2.36. The van der Waals surface area contributed by atoms with Crippen LogP contribution in [0.4, 0.5) is 5.69 Å². The van der Waals surface area contributed by atoms with Crippen LogP contribution in [0.1, 0.15) is 12.8 Å². The van der Waals surface area contributed by atoms with Gasteiger partial charge in [0.25, 0.3) is 0 Å². The molecule has 2 aromatic rings. The van der Waals surface area contributed by atoms with Crippen LogP contribution in [0.5, 0.6) is 0 Å². The molecule has 20 heavy (non-hydrogen) atoms. The number of piperidine rings is 1. The molecule has 5 heteroatoms. The van der Waals surface area contributed by atoms with E-state index in [4.69, 9.17) is 0 Å². The number of hydrogen-bond donors (Lipinski definition) is 2. The zero-order valence-corrected chi connectivity index (χ0v) is 11.7. The summed E-state index contributed by atoms with van der Waals surface area (Å²) < 4.78 is 1.60. The first kappa shape index (κ1) is 13.0. The van der Waals surface area contributed by atoms with Gasteiger partial charge in [-0.05, 0) is 57.2 Å². The SMILES string of the molecule is CN1CCC(Nc2ccc(-n3cc[nH]c3=O)cc2)CC1. The predicted octanol–water partition coefficient (Wildman–Crippen LogP) is 1.67. The van der Waals surface area contributed by atoms with Gasteiger partial charge in [-0.2, -0.15) is 0 Å². The Labute approximate surface area is 118 Å². The van der Waals surface area contributed by atoms with E-state index in [9.17, 15) is 4.79 Å². The summed E-state index contributed by atoms with van der Waals surface area (Å²) in [4.78, 5) is 16.5. The zero-order chi connectivity index (χ0) is 13.9. The van der Waals surface area contributed by atoms with E-state index in [1.807, 2.05) is 24.3 Å². The second-order valence-corrected chi connectivity index (χ2v) is 5.40. The lowest BCUT2D eigenvalue weighted by Gasteiger charge is -2.30. The first-order valence-corrected chi connectivity index (χ1v) is 7.04. The molecule has 0 amide bonds. The van der Waals surface area contributed by atoms with Gasteiger partial charge in [-0.1, -0.05) is 0 Å². The van der Waals surface area contributed by atoms with Gasteiger partial charge in [-0.15, -0.1) is 0 Å². The van der Waals surface area contributed by atoms with E-state index in [1.165, 1.54) is 12.8 Å². The highest BCUT2D eigenvalue weighted by Crippen LogP contribution is 2.17. The van der Waals surface area contributed by atoms with E-state index in [0.717, 1.165) is 24.5 Å². The third-order valence-corrected chi connectivity index (χ3v) is 3.88. The maximum Gasteiger partial charge on any atom is 0.330 e. The Kier molecular flexibility index (Phi) is 3.60. The molecule has 1 fully saturated rings.